The second-order valence-corrected chi connectivity index (χ2v) is 6.29. The Morgan fingerprint density at radius 2 is 1.50 bits per heavy atom. The highest BCUT2D eigenvalue weighted by Gasteiger charge is 2.13. The van der Waals surface area contributed by atoms with E-state index in [0.717, 1.165) is 16.7 Å². The molecule has 0 radical (unpaired) electrons. The van der Waals surface area contributed by atoms with E-state index in [9.17, 15) is 9.59 Å². The van der Waals surface area contributed by atoms with Crippen molar-refractivity contribution in [3.63, 3.8) is 0 Å². The van der Waals surface area contributed by atoms with Gasteiger partial charge in [0.1, 0.15) is 0 Å². The number of methoxy groups -OCH3 is 2. The number of aryl methyl sites for hydroxylation is 3. The third-order valence-corrected chi connectivity index (χ3v) is 4.41. The summed E-state index contributed by atoms with van der Waals surface area (Å²) in [5.41, 5.74) is 4.36. The second kappa shape index (κ2) is 8.52. The predicted octanol–water partition coefficient (Wildman–Crippen LogP) is 4.23. The molecule has 0 aliphatic carbocycles. The summed E-state index contributed by atoms with van der Waals surface area (Å²) in [6.07, 6.45) is 0.292. The molecule has 2 aromatic rings. The Hall–Kier alpha value is -2.82. The third-order valence-electron chi connectivity index (χ3n) is 4.41. The molecule has 0 heterocycles. The van der Waals surface area contributed by atoms with Crippen molar-refractivity contribution in [3.8, 4) is 11.5 Å². The molecule has 2 rings (SSSR count). The summed E-state index contributed by atoms with van der Waals surface area (Å²) < 4.78 is 10.5. The summed E-state index contributed by atoms with van der Waals surface area (Å²) in [6, 6.07) is 9.12. The minimum absolute atomic E-state index is 0.0349. The first kappa shape index (κ1) is 19.5. The molecular formula is C21H25NO4. The summed E-state index contributed by atoms with van der Waals surface area (Å²) in [4.78, 5) is 24.5. The van der Waals surface area contributed by atoms with E-state index < -0.39 is 0 Å². The molecule has 5 nitrogen and oxygen atoms in total. The number of anilines is 1. The molecule has 138 valence electrons. The Kier molecular flexibility index (Phi) is 6.39. The molecule has 0 spiro atoms. The first-order valence-corrected chi connectivity index (χ1v) is 8.48. The maximum absolute atomic E-state index is 12.3. The molecule has 0 saturated carbocycles. The number of carbonyl (C=O) groups excluding carboxylic acids is 2. The van der Waals surface area contributed by atoms with Crippen molar-refractivity contribution in [1.29, 1.82) is 0 Å². The normalized spacial score (nSPS) is 10.3. The summed E-state index contributed by atoms with van der Waals surface area (Å²) in [5, 5.41) is 2.84. The van der Waals surface area contributed by atoms with Crippen molar-refractivity contribution in [2.24, 2.45) is 0 Å². The van der Waals surface area contributed by atoms with E-state index >= 15 is 0 Å². The van der Waals surface area contributed by atoms with Crippen molar-refractivity contribution >= 4 is 17.4 Å². The molecule has 1 N–H and O–H groups in total. The van der Waals surface area contributed by atoms with Gasteiger partial charge in [-0.3, -0.25) is 9.59 Å². The fourth-order valence-corrected chi connectivity index (χ4v) is 2.61. The van der Waals surface area contributed by atoms with Crippen LogP contribution in [0, 0.1) is 20.8 Å². The fourth-order valence-electron chi connectivity index (χ4n) is 2.61. The lowest BCUT2D eigenvalue weighted by molar-refractivity contribution is -0.116. The number of rotatable bonds is 7. The van der Waals surface area contributed by atoms with Crippen LogP contribution in [-0.2, 0) is 4.79 Å². The second-order valence-electron chi connectivity index (χ2n) is 6.29. The van der Waals surface area contributed by atoms with Gasteiger partial charge >= 0.3 is 0 Å². The summed E-state index contributed by atoms with van der Waals surface area (Å²) in [6.45, 7) is 5.85. The number of ether oxygens (including phenoxy) is 2. The lowest BCUT2D eigenvalue weighted by atomic mass is 10.0. The van der Waals surface area contributed by atoms with E-state index in [-0.39, 0.29) is 24.5 Å². The van der Waals surface area contributed by atoms with Crippen LogP contribution in [0.3, 0.4) is 0 Å². The Balaban J connectivity index is 2.00. The monoisotopic (exact) mass is 355 g/mol. The maximum atomic E-state index is 12.3. The molecule has 26 heavy (non-hydrogen) atoms. The van der Waals surface area contributed by atoms with Crippen LogP contribution >= 0.6 is 0 Å². The Morgan fingerprint density at radius 1 is 0.846 bits per heavy atom. The predicted molar refractivity (Wildman–Crippen MR) is 102 cm³/mol. The van der Waals surface area contributed by atoms with Crippen LogP contribution in [0.1, 0.15) is 39.9 Å². The van der Waals surface area contributed by atoms with Gasteiger partial charge in [-0.25, -0.2) is 0 Å². The number of nitrogens with one attached hydrogen (secondary N) is 1. The van der Waals surface area contributed by atoms with Gasteiger partial charge in [-0.1, -0.05) is 12.1 Å². The molecule has 0 bridgehead atoms. The summed E-state index contributed by atoms with van der Waals surface area (Å²) in [7, 11) is 3.11. The van der Waals surface area contributed by atoms with Crippen LogP contribution in [0.15, 0.2) is 30.3 Å². The smallest absolute Gasteiger partial charge is 0.224 e. The van der Waals surface area contributed by atoms with Crippen molar-refractivity contribution in [2.45, 2.75) is 33.6 Å². The minimum Gasteiger partial charge on any atom is -0.493 e. The lowest BCUT2D eigenvalue weighted by Crippen LogP contribution is -2.14. The van der Waals surface area contributed by atoms with Crippen LogP contribution < -0.4 is 14.8 Å². The summed E-state index contributed by atoms with van der Waals surface area (Å²) >= 11 is 0. The number of carbonyl (C=O) groups is 2. The number of Topliss-reactive ketones (excluding diaryl/α,β-unsaturated/α-hetero) is 1. The van der Waals surface area contributed by atoms with E-state index in [0.29, 0.717) is 22.7 Å². The molecule has 2 aromatic carbocycles. The topological polar surface area (TPSA) is 64.6 Å². The van der Waals surface area contributed by atoms with Gasteiger partial charge in [0.05, 0.1) is 14.2 Å². The molecule has 0 unspecified atom stereocenters. The number of hydrogen-bond acceptors (Lipinski definition) is 4. The molecule has 0 aromatic heterocycles. The molecule has 0 fully saturated rings. The molecule has 0 atom stereocenters. The number of benzene rings is 2. The average molecular weight is 355 g/mol. The van der Waals surface area contributed by atoms with Gasteiger partial charge in [0.2, 0.25) is 5.91 Å². The first-order valence-electron chi connectivity index (χ1n) is 8.48. The Morgan fingerprint density at radius 3 is 2.12 bits per heavy atom. The van der Waals surface area contributed by atoms with Gasteiger partial charge in [0.15, 0.2) is 17.3 Å². The van der Waals surface area contributed by atoms with E-state index in [1.54, 1.807) is 32.4 Å². The fraction of sp³-hybridized carbons (Fsp3) is 0.333. The zero-order valence-corrected chi connectivity index (χ0v) is 15.9. The zero-order valence-electron chi connectivity index (χ0n) is 15.9. The molecule has 0 aliphatic heterocycles. The van der Waals surface area contributed by atoms with Crippen molar-refractivity contribution in [1.82, 2.24) is 0 Å². The van der Waals surface area contributed by atoms with Crippen molar-refractivity contribution in [2.75, 3.05) is 19.5 Å². The van der Waals surface area contributed by atoms with E-state index in [4.69, 9.17) is 9.47 Å². The van der Waals surface area contributed by atoms with Crippen LogP contribution in [0.2, 0.25) is 0 Å². The highest BCUT2D eigenvalue weighted by atomic mass is 16.5. The van der Waals surface area contributed by atoms with Gasteiger partial charge < -0.3 is 14.8 Å². The van der Waals surface area contributed by atoms with Gasteiger partial charge in [-0.15, -0.1) is 0 Å². The van der Waals surface area contributed by atoms with Gasteiger partial charge in [0, 0.05) is 30.2 Å². The van der Waals surface area contributed by atoms with Crippen LogP contribution in [-0.4, -0.2) is 25.9 Å². The molecule has 5 heteroatoms. The quantitative estimate of drug-likeness (QED) is 0.755. The minimum atomic E-state index is -0.211. The molecule has 1 amide bonds. The number of ketones is 1. The number of hydrogen-bond donors (Lipinski definition) is 1. The van der Waals surface area contributed by atoms with Gasteiger partial charge in [-0.05, 0) is 49.6 Å². The van der Waals surface area contributed by atoms with E-state index in [1.165, 1.54) is 0 Å². The van der Waals surface area contributed by atoms with Gasteiger partial charge in [0.25, 0.3) is 0 Å². The standard InChI is InChI=1S/C21H25NO4/c1-13-6-7-16(10-14(13)2)18(23)8-9-21(24)22-17-12-20(26-5)19(25-4)11-15(17)3/h6-7,10-12H,8-9H2,1-5H3,(H,22,24). The SMILES string of the molecule is COc1cc(C)c(NC(=O)CCC(=O)c2ccc(C)c(C)c2)cc1OC. The van der Waals surface area contributed by atoms with Crippen molar-refractivity contribution in [3.05, 3.63) is 52.6 Å². The van der Waals surface area contributed by atoms with Gasteiger partial charge in [-0.2, -0.15) is 0 Å². The number of amides is 1. The summed E-state index contributed by atoms with van der Waals surface area (Å²) in [5.74, 6) is 0.900. The zero-order chi connectivity index (χ0) is 19.3. The first-order chi connectivity index (χ1) is 12.3. The third kappa shape index (κ3) is 4.63. The van der Waals surface area contributed by atoms with Crippen LogP contribution in [0.25, 0.3) is 0 Å². The molecule has 0 aliphatic rings. The van der Waals surface area contributed by atoms with E-state index in [2.05, 4.69) is 5.32 Å². The molecule has 0 saturated heterocycles. The Bertz CT molecular complexity index is 827. The van der Waals surface area contributed by atoms with E-state index in [1.807, 2.05) is 32.9 Å². The van der Waals surface area contributed by atoms with Crippen molar-refractivity contribution < 1.29 is 19.1 Å². The largest absolute Gasteiger partial charge is 0.493 e. The molecular weight excluding hydrogens is 330 g/mol. The van der Waals surface area contributed by atoms with Crippen LogP contribution in [0.5, 0.6) is 11.5 Å². The Labute approximate surface area is 154 Å². The highest BCUT2D eigenvalue weighted by Crippen LogP contribution is 2.33. The average Bonchev–Trinajstić information content (AvgIpc) is 2.63. The lowest BCUT2D eigenvalue weighted by Gasteiger charge is -2.13. The maximum Gasteiger partial charge on any atom is 0.224 e. The van der Waals surface area contributed by atoms with Crippen LogP contribution in [0.4, 0.5) is 5.69 Å². The highest BCUT2D eigenvalue weighted by molar-refractivity contribution is 6.00.